The Kier molecular flexibility index (Phi) is 8.76. The van der Waals surface area contributed by atoms with Gasteiger partial charge >= 0.3 is 0 Å². The van der Waals surface area contributed by atoms with Crippen molar-refractivity contribution in [2.24, 2.45) is 0 Å². The van der Waals surface area contributed by atoms with Gasteiger partial charge in [0.2, 0.25) is 5.91 Å². The first-order chi connectivity index (χ1) is 17.4. The van der Waals surface area contributed by atoms with Crippen molar-refractivity contribution in [1.82, 2.24) is 5.32 Å². The molecule has 3 rings (SSSR count). The Hall–Kier alpha value is -3.23. The third-order valence-electron chi connectivity index (χ3n) is 6.00. The predicted molar refractivity (Wildman–Crippen MR) is 147 cm³/mol. The molecule has 3 aromatic rings. The second-order valence-corrected chi connectivity index (χ2v) is 12.0. The van der Waals surface area contributed by atoms with Gasteiger partial charge in [-0.3, -0.25) is 9.10 Å². The summed E-state index contributed by atoms with van der Waals surface area (Å²) in [5.41, 5.74) is 2.42. The van der Waals surface area contributed by atoms with Crippen LogP contribution >= 0.6 is 11.6 Å². The first-order valence-corrected chi connectivity index (χ1v) is 13.6. The van der Waals surface area contributed by atoms with Gasteiger partial charge in [-0.1, -0.05) is 56.6 Å². The summed E-state index contributed by atoms with van der Waals surface area (Å²) in [6.07, 6.45) is 0. The molecule has 0 aliphatic heterocycles. The molecule has 0 spiro atoms. The maximum atomic E-state index is 13.7. The van der Waals surface area contributed by atoms with E-state index in [4.69, 9.17) is 21.1 Å². The van der Waals surface area contributed by atoms with E-state index in [0.29, 0.717) is 16.5 Å². The zero-order valence-electron chi connectivity index (χ0n) is 21.9. The highest BCUT2D eigenvalue weighted by molar-refractivity contribution is 7.92. The van der Waals surface area contributed by atoms with E-state index in [-0.39, 0.29) is 22.1 Å². The summed E-state index contributed by atoms with van der Waals surface area (Å²) in [6.45, 7) is 7.84. The Balaban J connectivity index is 1.89. The highest BCUT2D eigenvalue weighted by Gasteiger charge is 2.29. The lowest BCUT2D eigenvalue weighted by Crippen LogP contribution is -2.41. The van der Waals surface area contributed by atoms with E-state index < -0.39 is 22.5 Å². The molecule has 0 bridgehead atoms. The molecule has 1 N–H and O–H groups in total. The molecule has 198 valence electrons. The van der Waals surface area contributed by atoms with Crippen LogP contribution in [0.15, 0.2) is 71.6 Å². The fourth-order valence-corrected chi connectivity index (χ4v) is 5.36. The number of anilines is 1. The summed E-state index contributed by atoms with van der Waals surface area (Å²) in [7, 11) is -1.26. The number of benzene rings is 3. The number of ether oxygens (including phenoxy) is 2. The first kappa shape index (κ1) is 28.3. The number of carbonyl (C=O) groups is 1. The minimum atomic E-state index is -4.15. The van der Waals surface area contributed by atoms with Crippen LogP contribution in [0.2, 0.25) is 5.02 Å². The van der Waals surface area contributed by atoms with E-state index in [1.807, 2.05) is 31.2 Å². The fraction of sp³-hybridized carbons (Fsp3) is 0.321. The topological polar surface area (TPSA) is 84.9 Å². The van der Waals surface area contributed by atoms with Crippen molar-refractivity contribution in [3.8, 4) is 11.5 Å². The number of amides is 1. The summed E-state index contributed by atoms with van der Waals surface area (Å²) in [5.74, 6) is 0.200. The zero-order chi connectivity index (χ0) is 27.4. The number of rotatable bonds is 9. The van der Waals surface area contributed by atoms with E-state index in [1.54, 1.807) is 24.3 Å². The van der Waals surface area contributed by atoms with Gasteiger partial charge < -0.3 is 14.8 Å². The second kappa shape index (κ2) is 11.4. The van der Waals surface area contributed by atoms with Crippen LogP contribution in [0, 0.1) is 0 Å². The monoisotopic (exact) mass is 544 g/mol. The van der Waals surface area contributed by atoms with Crippen molar-refractivity contribution in [3.05, 3.63) is 82.9 Å². The van der Waals surface area contributed by atoms with Crippen molar-refractivity contribution in [2.45, 2.75) is 44.0 Å². The second-order valence-electron chi connectivity index (χ2n) is 9.67. The van der Waals surface area contributed by atoms with Gasteiger partial charge in [0.15, 0.2) is 11.5 Å². The number of carbonyl (C=O) groups excluding carboxylic acids is 1. The van der Waals surface area contributed by atoms with Gasteiger partial charge in [0.05, 0.1) is 30.8 Å². The minimum absolute atomic E-state index is 0.0165. The van der Waals surface area contributed by atoms with Gasteiger partial charge in [-0.15, -0.1) is 0 Å². The Morgan fingerprint density at radius 3 is 2.08 bits per heavy atom. The van der Waals surface area contributed by atoms with Crippen molar-refractivity contribution in [3.63, 3.8) is 0 Å². The van der Waals surface area contributed by atoms with Crippen LogP contribution in [0.3, 0.4) is 0 Å². The molecule has 0 fully saturated rings. The number of halogens is 1. The van der Waals surface area contributed by atoms with Gasteiger partial charge in [0.1, 0.15) is 6.54 Å². The van der Waals surface area contributed by atoms with E-state index in [2.05, 4.69) is 26.1 Å². The summed E-state index contributed by atoms with van der Waals surface area (Å²) >= 11 is 6.02. The van der Waals surface area contributed by atoms with E-state index in [0.717, 1.165) is 9.87 Å². The molecular formula is C28H33ClN2O5S. The van der Waals surface area contributed by atoms with Crippen LogP contribution in [0.25, 0.3) is 0 Å². The van der Waals surface area contributed by atoms with Crippen LogP contribution in [0.5, 0.6) is 11.5 Å². The molecular weight excluding hydrogens is 512 g/mol. The average Bonchev–Trinajstić information content (AvgIpc) is 2.86. The molecule has 0 heterocycles. The zero-order valence-corrected chi connectivity index (χ0v) is 23.5. The molecule has 7 nitrogen and oxygen atoms in total. The lowest BCUT2D eigenvalue weighted by molar-refractivity contribution is -0.120. The van der Waals surface area contributed by atoms with Crippen LogP contribution in [0.1, 0.15) is 44.9 Å². The lowest BCUT2D eigenvalue weighted by Gasteiger charge is -2.26. The quantitative estimate of drug-likeness (QED) is 0.372. The van der Waals surface area contributed by atoms with E-state index >= 15 is 0 Å². The predicted octanol–water partition coefficient (Wildman–Crippen LogP) is 5.73. The van der Waals surface area contributed by atoms with Crippen LogP contribution in [-0.4, -0.2) is 35.1 Å². The molecule has 3 aromatic carbocycles. The van der Waals surface area contributed by atoms with Crippen molar-refractivity contribution < 1.29 is 22.7 Å². The van der Waals surface area contributed by atoms with Crippen LogP contribution < -0.4 is 19.1 Å². The summed E-state index contributed by atoms with van der Waals surface area (Å²) in [4.78, 5) is 13.1. The average molecular weight is 545 g/mol. The molecule has 1 atom stereocenters. The maximum absolute atomic E-state index is 13.7. The Morgan fingerprint density at radius 1 is 0.946 bits per heavy atom. The van der Waals surface area contributed by atoms with E-state index in [1.165, 1.54) is 38.0 Å². The molecule has 0 aliphatic rings. The Morgan fingerprint density at radius 2 is 1.54 bits per heavy atom. The largest absolute Gasteiger partial charge is 0.493 e. The van der Waals surface area contributed by atoms with Crippen LogP contribution in [-0.2, 0) is 20.2 Å². The number of hydrogen-bond donors (Lipinski definition) is 1. The molecule has 0 unspecified atom stereocenters. The van der Waals surface area contributed by atoms with Crippen LogP contribution in [0.4, 0.5) is 5.69 Å². The number of nitrogens with zero attached hydrogens (tertiary/aromatic N) is 1. The highest BCUT2D eigenvalue weighted by Crippen LogP contribution is 2.32. The summed E-state index contributed by atoms with van der Waals surface area (Å²) in [6, 6.07) is 18.3. The molecule has 0 aliphatic carbocycles. The third kappa shape index (κ3) is 6.76. The minimum Gasteiger partial charge on any atom is -0.493 e. The molecule has 1 amide bonds. The molecule has 9 heteroatoms. The van der Waals surface area contributed by atoms with Crippen molar-refractivity contribution >= 4 is 33.2 Å². The molecule has 0 aromatic heterocycles. The maximum Gasteiger partial charge on any atom is 0.264 e. The molecule has 37 heavy (non-hydrogen) atoms. The van der Waals surface area contributed by atoms with Gasteiger partial charge in [-0.25, -0.2) is 8.42 Å². The number of nitrogens with one attached hydrogen (secondary N) is 1. The SMILES string of the molecule is COc1ccc(S(=O)(=O)N(CC(=O)N[C@@H](C)c2ccc(C(C)(C)C)cc2)c2ccc(Cl)cc2)cc1OC. The Bertz CT molecular complexity index is 1330. The van der Waals surface area contributed by atoms with Gasteiger partial charge in [-0.2, -0.15) is 0 Å². The van der Waals surface area contributed by atoms with E-state index in [9.17, 15) is 13.2 Å². The molecule has 0 saturated carbocycles. The smallest absolute Gasteiger partial charge is 0.264 e. The van der Waals surface area contributed by atoms with Crippen molar-refractivity contribution in [2.75, 3.05) is 25.1 Å². The van der Waals surface area contributed by atoms with Gasteiger partial charge in [-0.05, 0) is 59.9 Å². The van der Waals surface area contributed by atoms with Gasteiger partial charge in [0, 0.05) is 11.1 Å². The first-order valence-electron chi connectivity index (χ1n) is 11.8. The third-order valence-corrected chi connectivity index (χ3v) is 8.02. The standard InChI is InChI=1S/C28H33ClN2O5S/c1-19(20-7-9-21(10-8-20)28(2,3)4)30-27(32)18-31(23-13-11-22(29)12-14-23)37(33,34)24-15-16-25(35-5)26(17-24)36-6/h7-17,19H,18H2,1-6H3,(H,30,32)/t19-/m0/s1. The summed E-state index contributed by atoms with van der Waals surface area (Å²) in [5, 5.41) is 3.36. The highest BCUT2D eigenvalue weighted by atomic mass is 35.5. The van der Waals surface area contributed by atoms with Crippen molar-refractivity contribution in [1.29, 1.82) is 0 Å². The normalized spacial score (nSPS) is 12.5. The fourth-order valence-electron chi connectivity index (χ4n) is 3.80. The molecule has 0 radical (unpaired) electrons. The number of sulfonamides is 1. The molecule has 0 saturated heterocycles. The summed E-state index contributed by atoms with van der Waals surface area (Å²) < 4.78 is 39.0. The lowest BCUT2D eigenvalue weighted by atomic mass is 9.86. The Labute approximate surface area is 224 Å². The van der Waals surface area contributed by atoms with Gasteiger partial charge in [0.25, 0.3) is 10.0 Å². The number of methoxy groups -OCH3 is 2. The number of hydrogen-bond acceptors (Lipinski definition) is 5.